The van der Waals surface area contributed by atoms with Crippen molar-refractivity contribution in [3.05, 3.63) is 42.0 Å². The van der Waals surface area contributed by atoms with E-state index in [1.54, 1.807) is 0 Å². The van der Waals surface area contributed by atoms with Crippen LogP contribution in [0.1, 0.15) is 12.0 Å². The molecule has 0 radical (unpaired) electrons. The predicted molar refractivity (Wildman–Crippen MR) is 66.4 cm³/mol. The first kappa shape index (κ1) is 11.3. The second kappa shape index (κ2) is 5.82. The van der Waals surface area contributed by atoms with E-state index in [4.69, 9.17) is 0 Å². The molecule has 0 heterocycles. The van der Waals surface area contributed by atoms with E-state index in [2.05, 4.69) is 25.1 Å². The lowest BCUT2D eigenvalue weighted by Crippen LogP contribution is -1.80. The highest BCUT2D eigenvalue weighted by Gasteiger charge is 1.99. The van der Waals surface area contributed by atoms with E-state index in [1.807, 2.05) is 24.3 Å². The fraction of sp³-hybridized carbons (Fsp3) is 0.250. The molecule has 0 aliphatic carbocycles. The second-order valence-corrected chi connectivity index (χ2v) is 5.34. The lowest BCUT2D eigenvalue weighted by Gasteiger charge is -2.07. The Balaban J connectivity index is 2.95. The van der Waals surface area contributed by atoms with E-state index in [-0.39, 0.29) is 6.67 Å². The topological polar surface area (TPSA) is 0 Å². The third kappa shape index (κ3) is 3.16. The average Bonchev–Trinajstić information content (AvgIpc) is 2.19. The molecule has 0 fully saturated rings. The molecular weight excluding hydrogens is 194 g/mol. The van der Waals surface area contributed by atoms with Gasteiger partial charge in [-0.15, -0.1) is 0 Å². The van der Waals surface area contributed by atoms with Crippen molar-refractivity contribution in [2.45, 2.75) is 6.42 Å². The van der Waals surface area contributed by atoms with Gasteiger partial charge < -0.3 is 0 Å². The fourth-order valence-corrected chi connectivity index (χ4v) is 2.51. The van der Waals surface area contributed by atoms with E-state index in [1.165, 1.54) is 10.9 Å². The Labute approximate surface area is 85.9 Å². The molecule has 1 aromatic carbocycles. The molecule has 1 aromatic rings. The zero-order valence-electron chi connectivity index (χ0n) is 8.46. The lowest BCUT2D eigenvalue weighted by atomic mass is 10.2. The van der Waals surface area contributed by atoms with Gasteiger partial charge in [-0.3, -0.25) is 4.39 Å². The zero-order chi connectivity index (χ0) is 10.4. The van der Waals surface area contributed by atoms with E-state index < -0.39 is 7.55 Å². The highest BCUT2D eigenvalue weighted by molar-refractivity contribution is 7.65. The van der Waals surface area contributed by atoms with Gasteiger partial charge in [0.2, 0.25) is 0 Å². The molecule has 0 nitrogen and oxygen atoms in total. The Morgan fingerprint density at radius 1 is 1.43 bits per heavy atom. The number of alkyl halides is 1. The van der Waals surface area contributed by atoms with Gasteiger partial charge in [-0.05, 0) is 24.0 Å². The van der Waals surface area contributed by atoms with E-state index in [0.29, 0.717) is 6.42 Å². The molecule has 0 N–H and O–H groups in total. The molecule has 0 saturated heterocycles. The summed E-state index contributed by atoms with van der Waals surface area (Å²) in [6.45, 7) is 1.84. The molecule has 0 saturated carbocycles. The standard InChI is InChI=1S/C12H16FP/c1-14(2)12(9-6-10-13)11-7-4-3-5-8-11/h3-5,7-9,14H,1,6,10H2,2H3/b12-9+. The smallest absolute Gasteiger partial charge is 0.0929 e. The first-order valence-electron chi connectivity index (χ1n) is 4.73. The quantitative estimate of drug-likeness (QED) is 0.665. The number of halogens is 1. The van der Waals surface area contributed by atoms with Crippen LogP contribution < -0.4 is 0 Å². The minimum absolute atomic E-state index is 0.286. The van der Waals surface area contributed by atoms with E-state index in [9.17, 15) is 4.39 Å². The molecule has 1 atom stereocenters. The van der Waals surface area contributed by atoms with Gasteiger partial charge in [0.1, 0.15) is 0 Å². The van der Waals surface area contributed by atoms with Crippen LogP contribution in [-0.4, -0.2) is 19.6 Å². The molecule has 1 rings (SSSR count). The van der Waals surface area contributed by atoms with Gasteiger partial charge in [-0.1, -0.05) is 50.3 Å². The molecule has 14 heavy (non-hydrogen) atoms. The molecule has 0 spiro atoms. The SMILES string of the molecule is C=[PH](C)/C(=C/CCF)c1ccccc1. The molecule has 0 aliphatic rings. The average molecular weight is 210 g/mol. The van der Waals surface area contributed by atoms with Crippen LogP contribution in [0.25, 0.3) is 5.31 Å². The monoisotopic (exact) mass is 210 g/mol. The van der Waals surface area contributed by atoms with Gasteiger partial charge in [-0.2, -0.15) is 0 Å². The Bertz CT molecular complexity index is 327. The molecule has 0 aromatic heterocycles. The van der Waals surface area contributed by atoms with Crippen molar-refractivity contribution in [3.63, 3.8) is 0 Å². The van der Waals surface area contributed by atoms with Crippen LogP contribution in [0.5, 0.6) is 0 Å². The number of hydrogen-bond acceptors (Lipinski definition) is 0. The molecule has 0 aliphatic heterocycles. The van der Waals surface area contributed by atoms with E-state index >= 15 is 0 Å². The summed E-state index contributed by atoms with van der Waals surface area (Å²) in [7, 11) is -0.753. The van der Waals surface area contributed by atoms with Crippen molar-refractivity contribution in [2.75, 3.05) is 13.3 Å². The second-order valence-electron chi connectivity index (χ2n) is 3.24. The largest absolute Gasteiger partial charge is 0.251 e. The number of benzene rings is 1. The Morgan fingerprint density at radius 3 is 2.57 bits per heavy atom. The molecule has 2 heteroatoms. The molecule has 0 amide bonds. The summed E-state index contributed by atoms with van der Waals surface area (Å²) in [6, 6.07) is 10.1. The van der Waals surface area contributed by atoms with E-state index in [0.717, 1.165) is 0 Å². The summed E-state index contributed by atoms with van der Waals surface area (Å²) in [5.41, 5.74) is 1.19. The predicted octanol–water partition coefficient (Wildman–Crippen LogP) is 3.66. The van der Waals surface area contributed by atoms with Gasteiger partial charge in [0, 0.05) is 0 Å². The minimum atomic E-state index is -0.753. The zero-order valence-corrected chi connectivity index (χ0v) is 9.46. The number of allylic oxidation sites excluding steroid dienone is 1. The van der Waals surface area contributed by atoms with Gasteiger partial charge >= 0.3 is 0 Å². The van der Waals surface area contributed by atoms with Gasteiger partial charge in [0.25, 0.3) is 0 Å². The molecule has 76 valence electrons. The van der Waals surface area contributed by atoms with Crippen molar-refractivity contribution < 1.29 is 4.39 Å². The summed E-state index contributed by atoms with van der Waals surface area (Å²) >= 11 is 0. The maximum Gasteiger partial charge on any atom is 0.0929 e. The van der Waals surface area contributed by atoms with Gasteiger partial charge in [-0.25, -0.2) is 0 Å². The van der Waals surface area contributed by atoms with Crippen LogP contribution in [-0.2, 0) is 0 Å². The van der Waals surface area contributed by atoms with Crippen LogP contribution in [0, 0.1) is 0 Å². The Hall–Kier alpha value is -0.810. The van der Waals surface area contributed by atoms with Crippen LogP contribution in [0.15, 0.2) is 36.4 Å². The summed E-state index contributed by atoms with van der Waals surface area (Å²) in [6.07, 6.45) is 6.56. The summed E-state index contributed by atoms with van der Waals surface area (Å²) in [5, 5.41) is 1.23. The number of hydrogen-bond donors (Lipinski definition) is 0. The highest BCUT2D eigenvalue weighted by Crippen LogP contribution is 2.36. The summed E-state index contributed by atoms with van der Waals surface area (Å²) in [5.74, 6) is 0. The normalized spacial score (nSPS) is 14.0. The maximum atomic E-state index is 12.1. The molecule has 1 unspecified atom stereocenters. The van der Waals surface area contributed by atoms with Crippen LogP contribution in [0.2, 0.25) is 0 Å². The number of rotatable bonds is 4. The van der Waals surface area contributed by atoms with Gasteiger partial charge in [0.05, 0.1) is 6.67 Å². The van der Waals surface area contributed by atoms with Crippen molar-refractivity contribution in [1.29, 1.82) is 0 Å². The maximum absolute atomic E-state index is 12.1. The van der Waals surface area contributed by atoms with Crippen LogP contribution in [0.3, 0.4) is 0 Å². The fourth-order valence-electron chi connectivity index (χ4n) is 1.36. The first-order valence-corrected chi connectivity index (χ1v) is 6.94. The summed E-state index contributed by atoms with van der Waals surface area (Å²) in [4.78, 5) is 0. The summed E-state index contributed by atoms with van der Waals surface area (Å²) < 4.78 is 12.1. The highest BCUT2D eigenvalue weighted by atomic mass is 31.1. The lowest BCUT2D eigenvalue weighted by molar-refractivity contribution is 0.501. The Kier molecular flexibility index (Phi) is 4.69. The third-order valence-corrected chi connectivity index (χ3v) is 3.41. The third-order valence-electron chi connectivity index (χ3n) is 2.00. The van der Waals surface area contributed by atoms with Crippen molar-refractivity contribution >= 4 is 19.2 Å². The molecular formula is C12H16FP. The van der Waals surface area contributed by atoms with Crippen LogP contribution in [0.4, 0.5) is 4.39 Å². The Morgan fingerprint density at radius 2 is 2.07 bits per heavy atom. The first-order chi connectivity index (χ1) is 6.75. The van der Waals surface area contributed by atoms with Crippen molar-refractivity contribution in [1.82, 2.24) is 0 Å². The molecule has 0 bridgehead atoms. The minimum Gasteiger partial charge on any atom is -0.251 e. The van der Waals surface area contributed by atoms with Crippen molar-refractivity contribution in [3.8, 4) is 0 Å². The van der Waals surface area contributed by atoms with Crippen molar-refractivity contribution in [2.24, 2.45) is 0 Å². The van der Waals surface area contributed by atoms with Gasteiger partial charge in [0.15, 0.2) is 0 Å². The van der Waals surface area contributed by atoms with Crippen LogP contribution >= 0.6 is 7.55 Å².